The van der Waals surface area contributed by atoms with E-state index >= 15 is 0 Å². The molecule has 0 aliphatic carbocycles. The fourth-order valence-electron chi connectivity index (χ4n) is 1.66. The average Bonchev–Trinajstić information content (AvgIpc) is 2.36. The maximum atomic E-state index is 11.4. The molecular weight excluding hydrogens is 320 g/mol. The van der Waals surface area contributed by atoms with Gasteiger partial charge in [0.1, 0.15) is 0 Å². The van der Waals surface area contributed by atoms with Crippen molar-refractivity contribution in [1.82, 2.24) is 18.5 Å². The minimum Gasteiger partial charge on any atom is -0.311 e. The Morgan fingerprint density at radius 3 is 1.71 bits per heavy atom. The van der Waals surface area contributed by atoms with Gasteiger partial charge in [0.25, 0.3) is 0 Å². The molecule has 2 rings (SSSR count). The molecule has 0 aromatic rings. The highest BCUT2D eigenvalue weighted by atomic mass is 79.9. The van der Waals surface area contributed by atoms with Gasteiger partial charge in [-0.25, -0.2) is 17.4 Å². The first kappa shape index (κ1) is 10.0. The first-order chi connectivity index (χ1) is 6.33. The molecule has 2 saturated heterocycles. The molecule has 0 bridgehead atoms. The van der Waals surface area contributed by atoms with E-state index in [-0.39, 0.29) is 12.1 Å². The monoisotopic (exact) mass is 326 g/mol. The molecule has 2 aliphatic heterocycles. The second-order valence-corrected chi connectivity index (χ2v) is 4.99. The van der Waals surface area contributed by atoms with Crippen molar-refractivity contribution in [2.45, 2.75) is 25.2 Å². The van der Waals surface area contributed by atoms with Crippen LogP contribution in [0, 0.1) is 0 Å². The van der Waals surface area contributed by atoms with Crippen molar-refractivity contribution in [2.75, 3.05) is 0 Å². The van der Waals surface area contributed by atoms with Gasteiger partial charge in [-0.2, -0.15) is 0 Å². The summed E-state index contributed by atoms with van der Waals surface area (Å²) in [5.41, 5.74) is -1.63. The summed E-state index contributed by atoms with van der Waals surface area (Å²) >= 11 is 6.25. The topological polar surface area (TPSA) is 64.7 Å². The summed E-state index contributed by atoms with van der Waals surface area (Å²) in [4.78, 5) is 22.8. The Bertz CT molecular complexity index is 310. The zero-order chi connectivity index (χ0) is 10.7. The van der Waals surface area contributed by atoms with Crippen LogP contribution in [-0.4, -0.2) is 31.2 Å². The highest BCUT2D eigenvalue weighted by Gasteiger charge is 2.67. The van der Waals surface area contributed by atoms with E-state index in [4.69, 9.17) is 0 Å². The lowest BCUT2D eigenvalue weighted by Crippen LogP contribution is -2.60. The van der Waals surface area contributed by atoms with Crippen LogP contribution in [0.15, 0.2) is 0 Å². The summed E-state index contributed by atoms with van der Waals surface area (Å²) in [6.07, 6.45) is 0. The Kier molecular flexibility index (Phi) is 1.82. The third kappa shape index (κ3) is 0.855. The molecule has 2 aliphatic rings. The molecule has 0 unspecified atom stereocenters. The van der Waals surface area contributed by atoms with Crippen molar-refractivity contribution in [3.8, 4) is 0 Å². The van der Waals surface area contributed by atoms with Gasteiger partial charge in [-0.3, -0.25) is 0 Å². The van der Waals surface area contributed by atoms with Gasteiger partial charge in [-0.05, 0) is 13.8 Å². The van der Waals surface area contributed by atoms with Gasteiger partial charge in [0.15, 0.2) is 11.3 Å². The molecule has 4 amide bonds. The van der Waals surface area contributed by atoms with Crippen LogP contribution in [0.25, 0.3) is 0 Å². The van der Waals surface area contributed by atoms with Gasteiger partial charge in [0.2, 0.25) is 0 Å². The lowest BCUT2D eigenvalue weighted by Gasteiger charge is -2.36. The fraction of sp³-hybridized carbons (Fsp3) is 0.667. The zero-order valence-corrected chi connectivity index (χ0v) is 10.6. The number of hydrogen-bond donors (Lipinski definition) is 2. The summed E-state index contributed by atoms with van der Waals surface area (Å²) in [5, 5.41) is 5.36. The van der Waals surface area contributed by atoms with Gasteiger partial charge in [-0.1, -0.05) is 0 Å². The summed E-state index contributed by atoms with van der Waals surface area (Å²) in [6, 6.07) is -0.584. The Hall–Kier alpha value is -0.500. The standard InChI is InChI=1S/C6H8Br2N4O2/c1-5-6(2,11(7)3(13)9-5)12(8)4(14)10-5/h1-2H3,(H,9,13)(H,10,14). The van der Waals surface area contributed by atoms with Crippen LogP contribution in [-0.2, 0) is 0 Å². The number of halogens is 2. The molecule has 0 saturated carbocycles. The maximum Gasteiger partial charge on any atom is 0.331 e. The quantitative estimate of drug-likeness (QED) is 0.654. The normalized spacial score (nSPS) is 41.1. The van der Waals surface area contributed by atoms with Gasteiger partial charge in [0.05, 0.1) is 32.3 Å². The molecule has 0 aromatic heterocycles. The Morgan fingerprint density at radius 1 is 1.07 bits per heavy atom. The first-order valence-electron chi connectivity index (χ1n) is 3.89. The SMILES string of the molecule is CC12NC(=O)N(Br)C1(C)N(Br)C(=O)N2. The number of nitrogens with one attached hydrogen (secondary N) is 2. The second kappa shape index (κ2) is 2.54. The van der Waals surface area contributed by atoms with E-state index < -0.39 is 11.3 Å². The van der Waals surface area contributed by atoms with E-state index in [1.807, 2.05) is 0 Å². The van der Waals surface area contributed by atoms with Gasteiger partial charge >= 0.3 is 12.1 Å². The summed E-state index contributed by atoms with van der Waals surface area (Å²) in [7, 11) is 0. The molecule has 0 spiro atoms. The van der Waals surface area contributed by atoms with Crippen LogP contribution in [0.5, 0.6) is 0 Å². The summed E-state index contributed by atoms with van der Waals surface area (Å²) < 4.78 is 2.60. The molecule has 2 N–H and O–H groups in total. The van der Waals surface area contributed by atoms with Gasteiger partial charge in [0, 0.05) is 0 Å². The van der Waals surface area contributed by atoms with Crippen molar-refractivity contribution in [1.29, 1.82) is 0 Å². The van der Waals surface area contributed by atoms with E-state index in [9.17, 15) is 9.59 Å². The lowest BCUT2D eigenvalue weighted by molar-refractivity contribution is 0.139. The number of carbonyl (C=O) groups excluding carboxylic acids is 2. The minimum absolute atomic E-state index is 0.292. The first-order valence-corrected chi connectivity index (χ1v) is 5.31. The van der Waals surface area contributed by atoms with Crippen LogP contribution in [0.1, 0.15) is 13.8 Å². The summed E-state index contributed by atoms with van der Waals surface area (Å²) in [6.45, 7) is 3.50. The Balaban J connectivity index is 2.52. The van der Waals surface area contributed by atoms with Gasteiger partial charge in [-0.15, -0.1) is 0 Å². The number of carbonyl (C=O) groups is 2. The smallest absolute Gasteiger partial charge is 0.311 e. The minimum atomic E-state index is -0.818. The van der Waals surface area contributed by atoms with Crippen molar-refractivity contribution < 1.29 is 9.59 Å². The number of rotatable bonds is 0. The number of nitrogens with zero attached hydrogens (tertiary/aromatic N) is 2. The third-order valence-corrected chi connectivity index (χ3v) is 4.81. The molecule has 8 heteroatoms. The molecule has 2 fully saturated rings. The van der Waals surface area contributed by atoms with Crippen molar-refractivity contribution in [3.63, 3.8) is 0 Å². The van der Waals surface area contributed by atoms with Crippen LogP contribution in [0.3, 0.4) is 0 Å². The predicted octanol–water partition coefficient (Wildman–Crippen LogP) is 1.09. The molecule has 6 nitrogen and oxygen atoms in total. The third-order valence-electron chi connectivity index (χ3n) is 2.78. The van der Waals surface area contributed by atoms with Crippen molar-refractivity contribution >= 4 is 44.4 Å². The highest BCUT2D eigenvalue weighted by Crippen LogP contribution is 2.43. The Labute approximate surface area is 97.7 Å². The van der Waals surface area contributed by atoms with E-state index in [1.54, 1.807) is 13.8 Å². The number of amides is 4. The van der Waals surface area contributed by atoms with Gasteiger partial charge < -0.3 is 10.6 Å². The van der Waals surface area contributed by atoms with E-state index in [0.29, 0.717) is 0 Å². The van der Waals surface area contributed by atoms with Crippen LogP contribution in [0.4, 0.5) is 9.59 Å². The fourth-order valence-corrected chi connectivity index (χ4v) is 3.08. The predicted molar refractivity (Wildman–Crippen MR) is 55.4 cm³/mol. The van der Waals surface area contributed by atoms with E-state index in [2.05, 4.69) is 42.9 Å². The molecular formula is C6H8Br2N4O2. The molecule has 0 radical (unpaired) electrons. The molecule has 2 heterocycles. The van der Waals surface area contributed by atoms with Crippen molar-refractivity contribution in [2.24, 2.45) is 0 Å². The number of urea groups is 2. The second-order valence-electron chi connectivity index (χ2n) is 3.57. The maximum absolute atomic E-state index is 11.4. The zero-order valence-electron chi connectivity index (χ0n) is 7.47. The molecule has 78 valence electrons. The lowest BCUT2D eigenvalue weighted by atomic mass is 10.0. The summed E-state index contributed by atoms with van der Waals surface area (Å²) in [5.74, 6) is 0. The highest BCUT2D eigenvalue weighted by molar-refractivity contribution is 9.08. The average molecular weight is 328 g/mol. The largest absolute Gasteiger partial charge is 0.331 e. The van der Waals surface area contributed by atoms with Crippen LogP contribution in [0.2, 0.25) is 0 Å². The Morgan fingerprint density at radius 2 is 1.43 bits per heavy atom. The molecule has 14 heavy (non-hydrogen) atoms. The number of fused-ring (bicyclic) bond motifs is 1. The van der Waals surface area contributed by atoms with E-state index in [1.165, 1.54) is 7.85 Å². The number of hydrogen-bond acceptors (Lipinski definition) is 2. The van der Waals surface area contributed by atoms with Crippen LogP contribution >= 0.6 is 32.3 Å². The molecule has 0 atom stereocenters. The van der Waals surface area contributed by atoms with E-state index in [0.717, 1.165) is 0 Å². The van der Waals surface area contributed by atoms with Crippen LogP contribution < -0.4 is 10.6 Å². The molecule has 0 aromatic carbocycles. The van der Waals surface area contributed by atoms with Crippen molar-refractivity contribution in [3.05, 3.63) is 0 Å².